The molecule has 202 valence electrons. The van der Waals surface area contributed by atoms with E-state index in [9.17, 15) is 0 Å². The summed E-state index contributed by atoms with van der Waals surface area (Å²) in [6, 6.07) is 0. The van der Waals surface area contributed by atoms with Crippen LogP contribution in [0.15, 0.2) is 71.7 Å². The van der Waals surface area contributed by atoms with Gasteiger partial charge in [-0.25, -0.2) is 0 Å². The van der Waals surface area contributed by atoms with Gasteiger partial charge in [0.1, 0.15) is 0 Å². The van der Waals surface area contributed by atoms with Gasteiger partial charge in [0.25, 0.3) is 0 Å². The van der Waals surface area contributed by atoms with Crippen molar-refractivity contribution in [2.45, 2.75) is 96.3 Å². The van der Waals surface area contributed by atoms with E-state index in [0.717, 1.165) is 47.3 Å². The maximum absolute atomic E-state index is 4.11. The summed E-state index contributed by atoms with van der Waals surface area (Å²) in [5, 5.41) is 4.11. The third-order valence-corrected chi connectivity index (χ3v) is 13.0. The van der Waals surface area contributed by atoms with Crippen molar-refractivity contribution in [2.24, 2.45) is 58.7 Å². The third kappa shape index (κ3) is 3.62. The number of hydrogen-bond acceptors (Lipinski definition) is 1. The second-order valence-corrected chi connectivity index (χ2v) is 14.4. The molecule has 1 nitrogen and oxygen atoms in total. The van der Waals surface area contributed by atoms with Gasteiger partial charge in [0.2, 0.25) is 0 Å². The molecule has 3 fully saturated rings. The molecule has 0 heterocycles. The van der Waals surface area contributed by atoms with Gasteiger partial charge >= 0.3 is 0 Å². The lowest BCUT2D eigenvalue weighted by atomic mass is 9.54. The molecule has 1 spiro atoms. The van der Waals surface area contributed by atoms with Crippen molar-refractivity contribution < 1.29 is 0 Å². The first-order chi connectivity index (χ1) is 18.8. The Kier molecular flexibility index (Phi) is 6.15. The molecule has 8 aliphatic rings. The highest BCUT2D eigenvalue weighted by Gasteiger charge is 2.70. The quantitative estimate of drug-likeness (QED) is 0.375. The maximum atomic E-state index is 4.11. The second-order valence-electron chi connectivity index (χ2n) is 14.4. The van der Waals surface area contributed by atoms with Crippen LogP contribution in [0.1, 0.15) is 96.3 Å². The van der Waals surface area contributed by atoms with E-state index in [2.05, 4.69) is 60.0 Å². The summed E-state index contributed by atoms with van der Waals surface area (Å²) in [6.45, 7) is 0. The number of hydrogen-bond donors (Lipinski definition) is 1. The Hall–Kier alpha value is -1.76. The summed E-state index contributed by atoms with van der Waals surface area (Å²) in [6.07, 6.45) is 44.0. The van der Waals surface area contributed by atoms with E-state index in [1.54, 1.807) is 11.3 Å². The highest BCUT2D eigenvalue weighted by Crippen LogP contribution is 2.76. The molecule has 0 aromatic rings. The molecule has 1 heteroatoms. The van der Waals surface area contributed by atoms with Crippen LogP contribution in [0.5, 0.6) is 0 Å². The van der Waals surface area contributed by atoms with Gasteiger partial charge in [-0.2, -0.15) is 0 Å². The van der Waals surface area contributed by atoms with E-state index in [1.807, 2.05) is 0 Å². The molecule has 10 atom stereocenters. The molecule has 0 radical (unpaired) electrons. The van der Waals surface area contributed by atoms with Crippen LogP contribution in [0.4, 0.5) is 0 Å². The number of fused-ring (bicyclic) bond motifs is 10. The van der Waals surface area contributed by atoms with Gasteiger partial charge in [0, 0.05) is 17.3 Å². The summed E-state index contributed by atoms with van der Waals surface area (Å²) in [5.41, 5.74) is 5.25. The lowest BCUT2D eigenvalue weighted by molar-refractivity contribution is -0.00156. The fourth-order valence-electron chi connectivity index (χ4n) is 11.9. The smallest absolute Gasteiger partial charge is 0.0114 e. The minimum absolute atomic E-state index is 0.565. The highest BCUT2D eigenvalue weighted by molar-refractivity contribution is 5.33. The molecule has 0 saturated heterocycles. The molecule has 1 N–H and O–H groups in total. The average molecular weight is 508 g/mol. The van der Waals surface area contributed by atoms with Crippen LogP contribution in [0.3, 0.4) is 0 Å². The number of allylic oxidation sites excluding steroid dienone is 12. The lowest BCUT2D eigenvalue weighted by Crippen LogP contribution is -2.45. The monoisotopic (exact) mass is 507 g/mol. The van der Waals surface area contributed by atoms with E-state index in [-0.39, 0.29) is 0 Å². The molecule has 8 rings (SSSR count). The fourth-order valence-corrected chi connectivity index (χ4v) is 11.9. The molecule has 3 saturated carbocycles. The Morgan fingerprint density at radius 3 is 2.24 bits per heavy atom. The van der Waals surface area contributed by atoms with Gasteiger partial charge in [-0.3, -0.25) is 0 Å². The van der Waals surface area contributed by atoms with Crippen LogP contribution in [0.2, 0.25) is 0 Å². The van der Waals surface area contributed by atoms with Gasteiger partial charge < -0.3 is 5.32 Å². The van der Waals surface area contributed by atoms with Crippen molar-refractivity contribution in [1.82, 2.24) is 5.32 Å². The zero-order valence-electron chi connectivity index (χ0n) is 23.5. The molecular formula is C37H49N. The summed E-state index contributed by atoms with van der Waals surface area (Å²) in [5.74, 6) is 7.86. The first-order valence-electron chi connectivity index (χ1n) is 16.7. The Morgan fingerprint density at radius 2 is 1.42 bits per heavy atom. The first kappa shape index (κ1) is 24.1. The molecule has 10 unspecified atom stereocenters. The normalized spacial score (nSPS) is 46.9. The fraction of sp³-hybridized carbons (Fsp3) is 0.676. The van der Waals surface area contributed by atoms with Crippen LogP contribution in [-0.2, 0) is 0 Å². The van der Waals surface area contributed by atoms with Crippen LogP contribution in [0.25, 0.3) is 0 Å². The van der Waals surface area contributed by atoms with Crippen LogP contribution in [-0.4, -0.2) is 0 Å². The summed E-state index contributed by atoms with van der Waals surface area (Å²) in [4.78, 5) is 0. The molecule has 0 aromatic carbocycles. The predicted molar refractivity (Wildman–Crippen MR) is 158 cm³/mol. The predicted octanol–water partition coefficient (Wildman–Crippen LogP) is 9.43. The number of nitrogens with one attached hydrogen (secondary N) is 1. The Morgan fingerprint density at radius 1 is 0.632 bits per heavy atom. The third-order valence-electron chi connectivity index (χ3n) is 13.0. The van der Waals surface area contributed by atoms with Crippen LogP contribution in [0, 0.1) is 58.7 Å². The zero-order chi connectivity index (χ0) is 25.1. The number of rotatable bonds is 3. The van der Waals surface area contributed by atoms with Crippen molar-refractivity contribution in [3.63, 3.8) is 0 Å². The van der Waals surface area contributed by atoms with E-state index < -0.39 is 0 Å². The van der Waals surface area contributed by atoms with Gasteiger partial charge in [0.15, 0.2) is 0 Å². The van der Waals surface area contributed by atoms with Crippen LogP contribution < -0.4 is 5.32 Å². The van der Waals surface area contributed by atoms with E-state index in [1.165, 1.54) is 102 Å². The van der Waals surface area contributed by atoms with Crippen molar-refractivity contribution in [2.75, 3.05) is 0 Å². The van der Waals surface area contributed by atoms with E-state index in [0.29, 0.717) is 11.3 Å². The van der Waals surface area contributed by atoms with Crippen molar-refractivity contribution in [3.8, 4) is 0 Å². The van der Waals surface area contributed by atoms with Gasteiger partial charge in [0.05, 0.1) is 0 Å². The van der Waals surface area contributed by atoms with Crippen molar-refractivity contribution in [3.05, 3.63) is 71.7 Å². The standard InChI is InChI=1S/C37H49N/c1-2-11-25(12-3-1)26-13-10-14-27(23-26)38-28-21-22-32-31-17-6-9-20-35(31)37(36(32)24-28)33-18-7-4-15-29(33)30-16-5-8-19-34(30)37/h2,4,6,11-12,15,17,23-24,26,29-36,38H,1,3,5,7-10,13-14,16,18-22H2. The molecule has 8 aliphatic carbocycles. The Labute approximate surface area is 231 Å². The molecule has 0 bridgehead atoms. The summed E-state index contributed by atoms with van der Waals surface area (Å²) in [7, 11) is 0. The topological polar surface area (TPSA) is 12.0 Å². The van der Waals surface area contributed by atoms with Gasteiger partial charge in [-0.1, -0.05) is 67.5 Å². The van der Waals surface area contributed by atoms with Crippen molar-refractivity contribution in [1.29, 1.82) is 0 Å². The van der Waals surface area contributed by atoms with Crippen molar-refractivity contribution >= 4 is 0 Å². The second kappa shape index (κ2) is 9.71. The molecule has 0 aliphatic heterocycles. The summed E-state index contributed by atoms with van der Waals surface area (Å²) >= 11 is 0. The molecule has 38 heavy (non-hydrogen) atoms. The van der Waals surface area contributed by atoms with Gasteiger partial charge in [-0.05, 0) is 142 Å². The Balaban J connectivity index is 1.16. The largest absolute Gasteiger partial charge is 0.363 e. The minimum Gasteiger partial charge on any atom is -0.363 e. The maximum Gasteiger partial charge on any atom is 0.0114 e. The summed E-state index contributed by atoms with van der Waals surface area (Å²) < 4.78 is 0. The molecular weight excluding hydrogens is 458 g/mol. The lowest BCUT2D eigenvalue weighted by Gasteiger charge is -2.50. The minimum atomic E-state index is 0.565. The first-order valence-corrected chi connectivity index (χ1v) is 16.7. The highest BCUT2D eigenvalue weighted by atomic mass is 14.9. The molecule has 0 aromatic heterocycles. The van der Waals surface area contributed by atoms with Gasteiger partial charge in [-0.15, -0.1) is 0 Å². The van der Waals surface area contributed by atoms with E-state index >= 15 is 0 Å². The zero-order valence-corrected chi connectivity index (χ0v) is 23.5. The van der Waals surface area contributed by atoms with Crippen LogP contribution >= 0.6 is 0 Å². The SMILES string of the molecule is C1=CC(C2C=C(NC3=CC4C(CC3)C3C=CCCC3C43C4CCC=CC4C4CCCCC43)CCC2)=CCC1. The Bertz CT molecular complexity index is 1110. The average Bonchev–Trinajstić information content (AvgIpc) is 3.45. The molecule has 0 amide bonds. The van der Waals surface area contributed by atoms with E-state index in [4.69, 9.17) is 0 Å².